The van der Waals surface area contributed by atoms with E-state index in [1.807, 2.05) is 25.1 Å². The average molecular weight is 427 g/mol. The molecular formula is C28H30N2O2. The van der Waals surface area contributed by atoms with Gasteiger partial charge in [-0.2, -0.15) is 0 Å². The SMILES string of the molecule is CCOC1CC(C2=CCC3CCC4C=CC=C5CCC2=C3C54)=NC(c2ccccc2O)=N1. The molecule has 0 radical (unpaired) electrons. The maximum Gasteiger partial charge on any atom is 0.161 e. The summed E-state index contributed by atoms with van der Waals surface area (Å²) in [7, 11) is 0. The molecule has 1 aliphatic heterocycles. The quantitative estimate of drug-likeness (QED) is 0.651. The van der Waals surface area contributed by atoms with Crippen molar-refractivity contribution in [2.75, 3.05) is 6.61 Å². The highest BCUT2D eigenvalue weighted by Gasteiger charge is 2.43. The molecule has 4 heteroatoms. The maximum atomic E-state index is 10.4. The smallest absolute Gasteiger partial charge is 0.161 e. The molecule has 0 bridgehead atoms. The van der Waals surface area contributed by atoms with Gasteiger partial charge in [0.1, 0.15) is 5.75 Å². The van der Waals surface area contributed by atoms with Crippen molar-refractivity contribution in [2.45, 2.75) is 51.7 Å². The van der Waals surface area contributed by atoms with Crippen LogP contribution in [0, 0.1) is 17.8 Å². The fraction of sp³-hybridized carbons (Fsp3) is 0.429. The lowest BCUT2D eigenvalue weighted by Crippen LogP contribution is -2.36. The van der Waals surface area contributed by atoms with E-state index in [9.17, 15) is 5.11 Å². The van der Waals surface area contributed by atoms with Gasteiger partial charge < -0.3 is 9.84 Å². The Labute approximate surface area is 189 Å². The van der Waals surface area contributed by atoms with E-state index in [2.05, 4.69) is 24.3 Å². The van der Waals surface area contributed by atoms with Crippen molar-refractivity contribution in [3.8, 4) is 5.75 Å². The zero-order chi connectivity index (χ0) is 21.7. The summed E-state index contributed by atoms with van der Waals surface area (Å²) in [6.45, 7) is 2.61. The van der Waals surface area contributed by atoms with Gasteiger partial charge in [-0.3, -0.25) is 0 Å². The lowest BCUT2D eigenvalue weighted by molar-refractivity contribution is 0.0740. The lowest BCUT2D eigenvalue weighted by Gasteiger charge is -2.47. The van der Waals surface area contributed by atoms with E-state index in [0.717, 1.165) is 25.0 Å². The van der Waals surface area contributed by atoms with Gasteiger partial charge in [-0.25, -0.2) is 9.98 Å². The normalized spacial score (nSPS) is 30.8. The summed E-state index contributed by atoms with van der Waals surface area (Å²) in [6, 6.07) is 7.32. The second-order valence-corrected chi connectivity index (χ2v) is 9.47. The van der Waals surface area contributed by atoms with Gasteiger partial charge in [0.15, 0.2) is 12.1 Å². The molecule has 164 valence electrons. The Balaban J connectivity index is 1.42. The highest BCUT2D eigenvalue weighted by molar-refractivity contribution is 6.16. The number of aliphatic imine (C=N–C) groups is 2. The predicted octanol–water partition coefficient (Wildman–Crippen LogP) is 5.91. The van der Waals surface area contributed by atoms with Crippen LogP contribution >= 0.6 is 0 Å². The van der Waals surface area contributed by atoms with E-state index >= 15 is 0 Å². The number of ether oxygens (including phenoxy) is 1. The predicted molar refractivity (Wildman–Crippen MR) is 128 cm³/mol. The van der Waals surface area contributed by atoms with Gasteiger partial charge in [-0.15, -0.1) is 0 Å². The topological polar surface area (TPSA) is 54.2 Å². The first kappa shape index (κ1) is 19.9. The molecule has 0 saturated heterocycles. The maximum absolute atomic E-state index is 10.4. The molecule has 0 spiro atoms. The first-order valence-electron chi connectivity index (χ1n) is 12.1. The Bertz CT molecular complexity index is 1130. The second-order valence-electron chi connectivity index (χ2n) is 9.47. The van der Waals surface area contributed by atoms with Gasteiger partial charge in [-0.1, -0.05) is 47.6 Å². The average Bonchev–Trinajstić information content (AvgIpc) is 2.83. The molecule has 1 heterocycles. The zero-order valence-electron chi connectivity index (χ0n) is 18.6. The van der Waals surface area contributed by atoms with Crippen molar-refractivity contribution in [3.63, 3.8) is 0 Å². The van der Waals surface area contributed by atoms with Crippen molar-refractivity contribution in [3.05, 3.63) is 76.4 Å². The van der Waals surface area contributed by atoms with Gasteiger partial charge in [0.2, 0.25) is 0 Å². The van der Waals surface area contributed by atoms with Crippen LogP contribution in [0.4, 0.5) is 0 Å². The molecule has 32 heavy (non-hydrogen) atoms. The number of allylic oxidation sites excluding steroid dienone is 8. The number of nitrogens with zero attached hydrogens (tertiary/aromatic N) is 2. The highest BCUT2D eigenvalue weighted by atomic mass is 16.5. The lowest BCUT2D eigenvalue weighted by atomic mass is 9.58. The minimum atomic E-state index is -0.262. The first-order chi connectivity index (χ1) is 15.7. The van der Waals surface area contributed by atoms with Gasteiger partial charge in [0.05, 0.1) is 11.3 Å². The van der Waals surface area contributed by atoms with E-state index in [1.165, 1.54) is 24.0 Å². The number of phenolic OH excluding ortho intramolecular Hbond substituents is 1. The molecule has 0 aromatic heterocycles. The standard InChI is InChI=1S/C28H30N2O2/c1-2-32-25-16-23(29-28(30-25)22-8-3-4-9-24(22)31)20-14-12-19-11-10-17-6-5-7-18-13-15-21(20)27(19)26(17)18/h3-9,14,17,19,25-26,31H,2,10-13,15-16H2,1H3. The van der Waals surface area contributed by atoms with E-state index in [0.29, 0.717) is 42.2 Å². The zero-order valence-corrected chi connectivity index (χ0v) is 18.6. The van der Waals surface area contributed by atoms with Crippen LogP contribution < -0.4 is 0 Å². The molecule has 1 aromatic rings. The van der Waals surface area contributed by atoms with Crippen LogP contribution in [0.2, 0.25) is 0 Å². The Kier molecular flexibility index (Phi) is 4.98. The third-order valence-electron chi connectivity index (χ3n) is 7.75. The van der Waals surface area contributed by atoms with Gasteiger partial charge >= 0.3 is 0 Å². The Morgan fingerprint density at radius 1 is 1.16 bits per heavy atom. The molecule has 4 aliphatic carbocycles. The number of para-hydroxylation sites is 1. The third-order valence-corrected chi connectivity index (χ3v) is 7.75. The van der Waals surface area contributed by atoms with Crippen molar-refractivity contribution in [1.29, 1.82) is 0 Å². The summed E-state index contributed by atoms with van der Waals surface area (Å²) >= 11 is 0. The number of hydrogen-bond donors (Lipinski definition) is 1. The first-order valence-corrected chi connectivity index (χ1v) is 12.1. The number of amidine groups is 1. The van der Waals surface area contributed by atoms with Gasteiger partial charge in [-0.05, 0) is 74.1 Å². The summed E-state index contributed by atoms with van der Waals surface area (Å²) in [6.07, 6.45) is 15.9. The van der Waals surface area contributed by atoms with E-state index in [4.69, 9.17) is 14.7 Å². The molecule has 0 amide bonds. The van der Waals surface area contributed by atoms with Crippen LogP contribution in [0.5, 0.6) is 5.75 Å². The summed E-state index contributed by atoms with van der Waals surface area (Å²) in [5, 5.41) is 10.4. The van der Waals surface area contributed by atoms with Crippen LogP contribution in [-0.2, 0) is 4.74 Å². The van der Waals surface area contributed by atoms with Crippen molar-refractivity contribution < 1.29 is 9.84 Å². The molecule has 5 aliphatic rings. The molecule has 1 aromatic carbocycles. The monoisotopic (exact) mass is 426 g/mol. The van der Waals surface area contributed by atoms with E-state index in [-0.39, 0.29) is 12.0 Å². The summed E-state index contributed by atoms with van der Waals surface area (Å²) in [4.78, 5) is 9.76. The molecule has 1 fully saturated rings. The Morgan fingerprint density at radius 3 is 2.94 bits per heavy atom. The van der Waals surface area contributed by atoms with Crippen molar-refractivity contribution in [1.82, 2.24) is 0 Å². The van der Waals surface area contributed by atoms with Crippen LogP contribution in [0.25, 0.3) is 0 Å². The molecule has 4 atom stereocenters. The molecule has 1 N–H and O–H groups in total. The van der Waals surface area contributed by atoms with E-state index in [1.54, 1.807) is 17.2 Å². The van der Waals surface area contributed by atoms with Crippen molar-refractivity contribution >= 4 is 11.5 Å². The second kappa shape index (κ2) is 8.00. The largest absolute Gasteiger partial charge is 0.507 e. The van der Waals surface area contributed by atoms with Crippen LogP contribution in [-0.4, -0.2) is 29.5 Å². The summed E-state index contributed by atoms with van der Waals surface area (Å²) < 4.78 is 5.96. The van der Waals surface area contributed by atoms with Crippen LogP contribution in [0.15, 0.2) is 80.8 Å². The number of benzene rings is 1. The van der Waals surface area contributed by atoms with Crippen LogP contribution in [0.1, 0.15) is 51.0 Å². The summed E-state index contributed by atoms with van der Waals surface area (Å²) in [5.41, 5.74) is 7.93. The fourth-order valence-electron chi connectivity index (χ4n) is 6.41. The Hall–Kier alpha value is -2.72. The fourth-order valence-corrected chi connectivity index (χ4v) is 6.41. The Morgan fingerprint density at radius 2 is 2.06 bits per heavy atom. The van der Waals surface area contributed by atoms with E-state index < -0.39 is 0 Å². The number of hydrogen-bond acceptors (Lipinski definition) is 4. The number of rotatable bonds is 4. The molecule has 4 nitrogen and oxygen atoms in total. The molecule has 6 rings (SSSR count). The number of phenols is 1. The van der Waals surface area contributed by atoms with Crippen LogP contribution in [0.3, 0.4) is 0 Å². The third kappa shape index (κ3) is 3.24. The molecular weight excluding hydrogens is 396 g/mol. The minimum Gasteiger partial charge on any atom is -0.507 e. The highest BCUT2D eigenvalue weighted by Crippen LogP contribution is 2.54. The van der Waals surface area contributed by atoms with Gasteiger partial charge in [0.25, 0.3) is 0 Å². The van der Waals surface area contributed by atoms with Gasteiger partial charge in [0, 0.05) is 18.9 Å². The molecule has 1 saturated carbocycles. The molecule has 4 unspecified atom stereocenters. The number of aromatic hydroxyl groups is 1. The minimum absolute atomic E-state index is 0.211. The van der Waals surface area contributed by atoms with Crippen molar-refractivity contribution in [2.24, 2.45) is 27.7 Å². The summed E-state index contributed by atoms with van der Waals surface area (Å²) in [5.74, 6) is 2.74.